The molecule has 11 heteroatoms. The Labute approximate surface area is 204 Å². The number of nitro groups is 1. The van der Waals surface area contributed by atoms with E-state index in [0.717, 1.165) is 5.69 Å². The Bertz CT molecular complexity index is 1190. The molecule has 1 saturated heterocycles. The zero-order valence-corrected chi connectivity index (χ0v) is 20.0. The predicted molar refractivity (Wildman–Crippen MR) is 132 cm³/mol. The highest BCUT2D eigenvalue weighted by Gasteiger charge is 2.27. The number of hydrogen-bond acceptors (Lipinski definition) is 7. The minimum atomic E-state index is -0.471. The number of amides is 3. The van der Waals surface area contributed by atoms with Gasteiger partial charge >= 0.3 is 6.03 Å². The van der Waals surface area contributed by atoms with E-state index in [1.807, 2.05) is 42.6 Å². The number of hydrogen-bond donors (Lipinski definition) is 2. The second-order valence-electron chi connectivity index (χ2n) is 7.83. The first-order valence-electron chi connectivity index (χ1n) is 10.7. The van der Waals surface area contributed by atoms with Crippen LogP contribution in [0.2, 0.25) is 0 Å². The summed E-state index contributed by atoms with van der Waals surface area (Å²) in [4.78, 5) is 42.8. The van der Waals surface area contributed by atoms with Crippen LogP contribution in [-0.4, -0.2) is 45.9 Å². The van der Waals surface area contributed by atoms with Gasteiger partial charge in [0.2, 0.25) is 0 Å². The molecule has 0 bridgehead atoms. The van der Waals surface area contributed by atoms with E-state index in [2.05, 4.69) is 15.6 Å². The zero-order valence-electron chi connectivity index (χ0n) is 18.4. The fraction of sp³-hybridized carbons (Fsp3) is 0.261. The number of para-hydroxylation sites is 1. The Balaban J connectivity index is 1.35. The molecule has 1 aliphatic heterocycles. The Morgan fingerprint density at radius 2 is 1.91 bits per heavy atom. The number of nitrogens with one attached hydrogen (secondary N) is 2. The smallest absolute Gasteiger partial charge is 0.319 e. The predicted octanol–water partition coefficient (Wildman–Crippen LogP) is 4.94. The van der Waals surface area contributed by atoms with Crippen molar-refractivity contribution in [3.63, 3.8) is 0 Å². The first-order valence-corrected chi connectivity index (χ1v) is 12.4. The number of nitro benzene ring substituents is 1. The molecule has 2 N–H and O–H groups in total. The molecule has 1 fully saturated rings. The quantitative estimate of drug-likeness (QED) is 0.368. The van der Waals surface area contributed by atoms with E-state index in [1.165, 1.54) is 29.2 Å². The maximum Gasteiger partial charge on any atom is 0.319 e. The number of carbonyl (C=O) groups excluding carboxylic acids is 2. The summed E-state index contributed by atoms with van der Waals surface area (Å²) in [5, 5.41) is 19.3. The van der Waals surface area contributed by atoms with Crippen molar-refractivity contribution in [2.75, 3.05) is 18.4 Å². The maximum atomic E-state index is 13.0. The van der Waals surface area contributed by atoms with Gasteiger partial charge in [-0.25, -0.2) is 9.78 Å². The van der Waals surface area contributed by atoms with E-state index < -0.39 is 4.92 Å². The summed E-state index contributed by atoms with van der Waals surface area (Å²) in [5.41, 5.74) is 1.73. The Kier molecular flexibility index (Phi) is 7.43. The summed E-state index contributed by atoms with van der Waals surface area (Å²) < 4.78 is 0.713. The first kappa shape index (κ1) is 23.7. The van der Waals surface area contributed by atoms with Crippen LogP contribution < -0.4 is 10.6 Å². The summed E-state index contributed by atoms with van der Waals surface area (Å²) in [7, 11) is 0. The molecule has 9 nitrogen and oxygen atoms in total. The maximum absolute atomic E-state index is 13.0. The minimum Gasteiger partial charge on any atom is -0.338 e. The van der Waals surface area contributed by atoms with Crippen LogP contribution in [0.5, 0.6) is 0 Å². The highest BCUT2D eigenvalue weighted by Crippen LogP contribution is 2.37. The molecule has 0 saturated carbocycles. The fourth-order valence-corrected chi connectivity index (χ4v) is 5.52. The van der Waals surface area contributed by atoms with Gasteiger partial charge in [-0.15, -0.1) is 11.3 Å². The average molecular weight is 498 g/mol. The normalized spacial score (nSPS) is 14.0. The van der Waals surface area contributed by atoms with Gasteiger partial charge < -0.3 is 15.5 Å². The fourth-order valence-electron chi connectivity index (χ4n) is 3.64. The lowest BCUT2D eigenvalue weighted by molar-refractivity contribution is -0.387. The Morgan fingerprint density at radius 1 is 1.18 bits per heavy atom. The second-order valence-corrected chi connectivity index (χ2v) is 9.97. The lowest BCUT2D eigenvalue weighted by atomic mass is 10.0. The number of likely N-dealkylation sites (tertiary alicyclic amines) is 1. The van der Waals surface area contributed by atoms with Crippen molar-refractivity contribution in [1.29, 1.82) is 0 Å². The standard InChI is InChI=1S/C23H23N5O4S2/c1-15-14-33-23(24-15)34-20-8-7-16(13-19(20)28(31)32)21(29)27-11-9-18(10-12-27)26-22(30)25-17-5-3-2-4-6-17/h2-8,13-14,18H,9-12H2,1H3,(H2,25,26,30). The van der Waals surface area contributed by atoms with E-state index in [-0.39, 0.29) is 29.2 Å². The van der Waals surface area contributed by atoms with Gasteiger partial charge in [-0.05, 0) is 44.0 Å². The number of benzene rings is 2. The molecular weight excluding hydrogens is 474 g/mol. The molecule has 0 spiro atoms. The molecule has 34 heavy (non-hydrogen) atoms. The van der Waals surface area contributed by atoms with Crippen molar-refractivity contribution in [2.45, 2.75) is 35.0 Å². The lowest BCUT2D eigenvalue weighted by Gasteiger charge is -2.32. The summed E-state index contributed by atoms with van der Waals surface area (Å²) >= 11 is 2.64. The van der Waals surface area contributed by atoms with Gasteiger partial charge in [-0.2, -0.15) is 0 Å². The van der Waals surface area contributed by atoms with Crippen molar-refractivity contribution < 1.29 is 14.5 Å². The highest BCUT2D eigenvalue weighted by atomic mass is 32.2. The summed E-state index contributed by atoms with van der Waals surface area (Å²) in [6.07, 6.45) is 1.21. The summed E-state index contributed by atoms with van der Waals surface area (Å²) in [5.74, 6) is -0.253. The number of anilines is 1. The zero-order chi connectivity index (χ0) is 24.1. The summed E-state index contributed by atoms with van der Waals surface area (Å²) in [6, 6.07) is 13.4. The topological polar surface area (TPSA) is 117 Å². The third-order valence-corrected chi connectivity index (χ3v) is 7.47. The van der Waals surface area contributed by atoms with Crippen molar-refractivity contribution >= 4 is 46.4 Å². The Morgan fingerprint density at radius 3 is 2.56 bits per heavy atom. The molecule has 3 amide bonds. The number of rotatable bonds is 6. The molecule has 1 aromatic heterocycles. The van der Waals surface area contributed by atoms with E-state index in [0.29, 0.717) is 40.9 Å². The van der Waals surface area contributed by atoms with Crippen LogP contribution in [0.4, 0.5) is 16.2 Å². The lowest BCUT2D eigenvalue weighted by Crippen LogP contribution is -2.47. The third-order valence-electron chi connectivity index (χ3n) is 5.35. The van der Waals surface area contributed by atoms with Crippen LogP contribution >= 0.6 is 23.1 Å². The van der Waals surface area contributed by atoms with Gasteiger partial charge in [0.15, 0.2) is 4.34 Å². The van der Waals surface area contributed by atoms with Crippen LogP contribution in [0.15, 0.2) is 63.1 Å². The molecule has 0 atom stereocenters. The van der Waals surface area contributed by atoms with E-state index >= 15 is 0 Å². The molecule has 176 valence electrons. The van der Waals surface area contributed by atoms with Crippen molar-refractivity contribution in [1.82, 2.24) is 15.2 Å². The van der Waals surface area contributed by atoms with Gasteiger partial charge in [-0.3, -0.25) is 14.9 Å². The highest BCUT2D eigenvalue weighted by molar-refractivity contribution is 8.01. The molecule has 4 rings (SSSR count). The first-order chi connectivity index (χ1) is 16.4. The average Bonchev–Trinajstić information content (AvgIpc) is 3.24. The van der Waals surface area contributed by atoms with Crippen LogP contribution in [-0.2, 0) is 0 Å². The molecule has 3 aromatic rings. The van der Waals surface area contributed by atoms with E-state index in [4.69, 9.17) is 0 Å². The molecule has 1 aliphatic rings. The van der Waals surface area contributed by atoms with Gasteiger partial charge in [0.05, 0.1) is 9.82 Å². The van der Waals surface area contributed by atoms with Crippen molar-refractivity contribution in [3.05, 3.63) is 75.3 Å². The van der Waals surface area contributed by atoms with Crippen molar-refractivity contribution in [3.8, 4) is 0 Å². The number of carbonyl (C=O) groups is 2. The monoisotopic (exact) mass is 497 g/mol. The van der Waals surface area contributed by atoms with E-state index in [1.54, 1.807) is 17.0 Å². The molecule has 2 heterocycles. The molecule has 0 aliphatic carbocycles. The SMILES string of the molecule is Cc1csc(Sc2ccc(C(=O)N3CCC(NC(=O)Nc4ccccc4)CC3)cc2[N+](=O)[O-])n1. The largest absolute Gasteiger partial charge is 0.338 e. The van der Waals surface area contributed by atoms with Crippen LogP contribution in [0.1, 0.15) is 28.9 Å². The van der Waals surface area contributed by atoms with Crippen molar-refractivity contribution in [2.24, 2.45) is 0 Å². The number of nitrogens with zero attached hydrogens (tertiary/aromatic N) is 3. The summed E-state index contributed by atoms with van der Waals surface area (Å²) in [6.45, 7) is 2.78. The van der Waals surface area contributed by atoms with Crippen LogP contribution in [0.25, 0.3) is 0 Å². The van der Waals surface area contributed by atoms with Crippen LogP contribution in [0, 0.1) is 17.0 Å². The number of thiazole rings is 1. The molecule has 0 radical (unpaired) electrons. The molecule has 2 aromatic carbocycles. The van der Waals surface area contributed by atoms with Gasteiger partial charge in [0, 0.05) is 47.5 Å². The Hall–Kier alpha value is -3.44. The van der Waals surface area contributed by atoms with Gasteiger partial charge in [-0.1, -0.05) is 30.0 Å². The van der Waals surface area contributed by atoms with E-state index in [9.17, 15) is 19.7 Å². The number of urea groups is 1. The minimum absolute atomic E-state index is 0.0531. The van der Waals surface area contributed by atoms with Crippen LogP contribution in [0.3, 0.4) is 0 Å². The molecular formula is C23H23N5O4S2. The number of piperidine rings is 1. The molecule has 0 unspecified atom stereocenters. The third kappa shape index (κ3) is 5.91. The second kappa shape index (κ2) is 10.7. The van der Waals surface area contributed by atoms with Gasteiger partial charge in [0.25, 0.3) is 11.6 Å². The van der Waals surface area contributed by atoms with Gasteiger partial charge in [0.1, 0.15) is 0 Å². The number of aromatic nitrogens is 1. The number of aryl methyl sites for hydroxylation is 1.